The van der Waals surface area contributed by atoms with Crippen LogP contribution in [0, 0.1) is 58.2 Å². The van der Waals surface area contributed by atoms with Gasteiger partial charge in [0, 0.05) is 0 Å². The fraction of sp³-hybridized carbons (Fsp3) is 1.00. The fourth-order valence-electron chi connectivity index (χ4n) is 9.94. The third kappa shape index (κ3) is 4.05. The summed E-state index contributed by atoms with van der Waals surface area (Å²) in [4.78, 5) is 0. The van der Waals surface area contributed by atoms with E-state index in [0.29, 0.717) is 17.3 Å². The summed E-state index contributed by atoms with van der Waals surface area (Å²) in [7, 11) is 0. The number of aliphatic hydroxyl groups is 2. The van der Waals surface area contributed by atoms with Crippen molar-refractivity contribution < 1.29 is 10.2 Å². The largest absolute Gasteiger partial charge is 0.393 e. The van der Waals surface area contributed by atoms with E-state index in [0.717, 1.165) is 61.2 Å². The van der Waals surface area contributed by atoms with Gasteiger partial charge in [-0.15, -0.1) is 0 Å². The van der Waals surface area contributed by atoms with Gasteiger partial charge in [-0.3, -0.25) is 0 Å². The number of fused-ring (bicyclic) bond motifs is 5. The molecule has 4 saturated carbocycles. The Balaban J connectivity index is 1.48. The zero-order valence-electron chi connectivity index (χ0n) is 21.4. The van der Waals surface area contributed by atoms with Gasteiger partial charge >= 0.3 is 0 Å². The summed E-state index contributed by atoms with van der Waals surface area (Å²) >= 11 is 0. The van der Waals surface area contributed by atoms with Crippen molar-refractivity contribution >= 4 is 0 Å². The van der Waals surface area contributed by atoms with E-state index in [2.05, 4.69) is 41.5 Å². The number of hydrogen-bond acceptors (Lipinski definition) is 2. The van der Waals surface area contributed by atoms with E-state index in [1.165, 1.54) is 44.9 Å². The molecule has 0 saturated heterocycles. The van der Waals surface area contributed by atoms with Crippen molar-refractivity contribution in [3.05, 3.63) is 0 Å². The molecule has 4 fully saturated rings. The van der Waals surface area contributed by atoms with Crippen molar-refractivity contribution in [1.82, 2.24) is 0 Å². The Bertz CT molecular complexity index is 616. The highest BCUT2D eigenvalue weighted by Crippen LogP contribution is 2.68. The van der Waals surface area contributed by atoms with E-state index in [9.17, 15) is 10.2 Å². The molecule has 4 aliphatic rings. The molecule has 0 aromatic heterocycles. The second-order valence-corrected chi connectivity index (χ2v) is 13.4. The Hall–Kier alpha value is -0.0800. The number of rotatable bonds is 6. The maximum atomic E-state index is 11.2. The topological polar surface area (TPSA) is 40.5 Å². The van der Waals surface area contributed by atoms with Gasteiger partial charge in [-0.25, -0.2) is 0 Å². The summed E-state index contributed by atoms with van der Waals surface area (Å²) in [6.07, 6.45) is 13.2. The highest BCUT2D eigenvalue weighted by molar-refractivity contribution is 5.11. The first-order chi connectivity index (χ1) is 14.6. The molecule has 11 atom stereocenters. The lowest BCUT2D eigenvalue weighted by Gasteiger charge is -2.62. The molecule has 2 nitrogen and oxygen atoms in total. The molecule has 4 aliphatic carbocycles. The van der Waals surface area contributed by atoms with Gasteiger partial charge in [0.05, 0.1) is 12.2 Å². The summed E-state index contributed by atoms with van der Waals surface area (Å²) in [5, 5.41) is 21.5. The van der Waals surface area contributed by atoms with Crippen LogP contribution in [-0.4, -0.2) is 22.4 Å². The van der Waals surface area contributed by atoms with Crippen LogP contribution in [0.3, 0.4) is 0 Å². The van der Waals surface area contributed by atoms with Crippen LogP contribution in [0.4, 0.5) is 0 Å². The molecular formula is C29H52O2. The molecule has 2 N–H and O–H groups in total. The van der Waals surface area contributed by atoms with Crippen LogP contribution in [0.1, 0.15) is 112 Å². The minimum absolute atomic E-state index is 0.187. The summed E-state index contributed by atoms with van der Waals surface area (Å²) < 4.78 is 0. The minimum Gasteiger partial charge on any atom is -0.393 e. The van der Waals surface area contributed by atoms with Crippen LogP contribution < -0.4 is 0 Å². The summed E-state index contributed by atoms with van der Waals surface area (Å²) in [5.74, 6) is 6.01. The lowest BCUT2D eigenvalue weighted by Crippen LogP contribution is -2.58. The Morgan fingerprint density at radius 3 is 2.16 bits per heavy atom. The molecule has 0 aliphatic heterocycles. The van der Waals surface area contributed by atoms with Crippen LogP contribution in [0.25, 0.3) is 0 Å². The van der Waals surface area contributed by atoms with Gasteiger partial charge in [-0.05, 0) is 116 Å². The zero-order chi connectivity index (χ0) is 22.6. The average molecular weight is 433 g/mol. The molecular weight excluding hydrogens is 380 g/mol. The van der Waals surface area contributed by atoms with Gasteiger partial charge in [0.2, 0.25) is 0 Å². The second-order valence-electron chi connectivity index (χ2n) is 13.4. The van der Waals surface area contributed by atoms with Gasteiger partial charge in [-0.2, -0.15) is 0 Å². The highest BCUT2D eigenvalue weighted by atomic mass is 16.3. The van der Waals surface area contributed by atoms with E-state index in [-0.39, 0.29) is 17.6 Å². The molecule has 31 heavy (non-hydrogen) atoms. The molecule has 2 heteroatoms. The minimum atomic E-state index is -0.198. The number of hydrogen-bond donors (Lipinski definition) is 2. The molecule has 0 aromatic carbocycles. The smallest absolute Gasteiger partial charge is 0.0577 e. The summed E-state index contributed by atoms with van der Waals surface area (Å²) in [6.45, 7) is 14.9. The van der Waals surface area contributed by atoms with Crippen LogP contribution in [0.15, 0.2) is 0 Å². The maximum Gasteiger partial charge on any atom is 0.0577 e. The second kappa shape index (κ2) is 8.94. The lowest BCUT2D eigenvalue weighted by atomic mass is 9.43. The normalized spacial score (nSPS) is 49.3. The zero-order valence-corrected chi connectivity index (χ0v) is 21.4. The molecule has 0 aromatic rings. The monoisotopic (exact) mass is 432 g/mol. The van der Waals surface area contributed by atoms with Crippen LogP contribution in [0.2, 0.25) is 0 Å². The SMILES string of the molecule is CC[C@H](CC[C@@H](C)[C@H]1CC[C@H]2[C@@H]3C[C@H](O)[C@H]4C[C@@H](O)CC[C@]4(C)[C@H]3CC[C@]12C)C(C)C. The van der Waals surface area contributed by atoms with Gasteiger partial charge < -0.3 is 10.2 Å². The Morgan fingerprint density at radius 2 is 1.48 bits per heavy atom. The van der Waals surface area contributed by atoms with Crippen molar-refractivity contribution in [2.75, 3.05) is 0 Å². The molecule has 0 radical (unpaired) electrons. The van der Waals surface area contributed by atoms with E-state index >= 15 is 0 Å². The van der Waals surface area contributed by atoms with Crippen molar-refractivity contribution in [3.8, 4) is 0 Å². The Labute approximate surface area is 193 Å². The van der Waals surface area contributed by atoms with E-state index in [1.54, 1.807) is 0 Å². The number of aliphatic hydroxyl groups excluding tert-OH is 2. The summed E-state index contributed by atoms with van der Waals surface area (Å²) in [5.41, 5.74) is 0.732. The molecule has 0 bridgehead atoms. The molecule has 0 heterocycles. The molecule has 180 valence electrons. The molecule has 4 rings (SSSR count). The Morgan fingerprint density at radius 1 is 0.806 bits per heavy atom. The maximum absolute atomic E-state index is 11.2. The summed E-state index contributed by atoms with van der Waals surface area (Å²) in [6, 6.07) is 0. The predicted molar refractivity (Wildman–Crippen MR) is 130 cm³/mol. The predicted octanol–water partition coefficient (Wildman–Crippen LogP) is 7.08. The standard InChI is InChI=1S/C29H52O2/c1-7-20(18(2)3)9-8-19(4)23-10-11-24-22-17-27(31)26-16-21(30)12-14-29(26,6)25(22)13-15-28(23,24)5/h18-27,30-31H,7-17H2,1-6H3/t19-,20-,21+,22+,23-,24+,25+,26-,27+,28-,29-/m1/s1. The molecule has 0 unspecified atom stereocenters. The third-order valence-corrected chi connectivity index (χ3v) is 11.9. The molecule has 0 spiro atoms. The van der Waals surface area contributed by atoms with Crippen LogP contribution >= 0.6 is 0 Å². The fourth-order valence-corrected chi connectivity index (χ4v) is 9.94. The first-order valence-electron chi connectivity index (χ1n) is 14.0. The van der Waals surface area contributed by atoms with Crippen LogP contribution in [-0.2, 0) is 0 Å². The van der Waals surface area contributed by atoms with Gasteiger partial charge in [-0.1, -0.05) is 54.4 Å². The van der Waals surface area contributed by atoms with Crippen molar-refractivity contribution in [3.63, 3.8) is 0 Å². The lowest BCUT2D eigenvalue weighted by molar-refractivity contribution is -0.172. The first kappa shape index (κ1) is 24.1. The van der Waals surface area contributed by atoms with Gasteiger partial charge in [0.25, 0.3) is 0 Å². The van der Waals surface area contributed by atoms with E-state index in [1.807, 2.05) is 0 Å². The van der Waals surface area contributed by atoms with E-state index in [4.69, 9.17) is 0 Å². The van der Waals surface area contributed by atoms with Crippen LogP contribution in [0.5, 0.6) is 0 Å². The van der Waals surface area contributed by atoms with Gasteiger partial charge in [0.15, 0.2) is 0 Å². The first-order valence-corrected chi connectivity index (χ1v) is 14.0. The van der Waals surface area contributed by atoms with E-state index < -0.39 is 0 Å². The van der Waals surface area contributed by atoms with Gasteiger partial charge in [0.1, 0.15) is 0 Å². The van der Waals surface area contributed by atoms with Crippen molar-refractivity contribution in [1.29, 1.82) is 0 Å². The quantitative estimate of drug-likeness (QED) is 0.471. The average Bonchev–Trinajstić information content (AvgIpc) is 3.07. The Kier molecular flexibility index (Phi) is 6.93. The van der Waals surface area contributed by atoms with Crippen molar-refractivity contribution in [2.45, 2.75) is 124 Å². The third-order valence-electron chi connectivity index (χ3n) is 11.9. The van der Waals surface area contributed by atoms with Crippen molar-refractivity contribution in [2.24, 2.45) is 58.2 Å². The highest BCUT2D eigenvalue weighted by Gasteiger charge is 2.62. The molecule has 0 amide bonds.